The van der Waals surface area contributed by atoms with E-state index in [1.165, 1.54) is 29.1 Å². The molecule has 0 atom stereocenters. The fourth-order valence-corrected chi connectivity index (χ4v) is 1.78. The maximum Gasteiger partial charge on any atom is 0.271 e. The quantitative estimate of drug-likeness (QED) is 0.613. The normalized spacial score (nSPS) is 11.1. The van der Waals surface area contributed by atoms with Crippen LogP contribution in [0.3, 0.4) is 0 Å². The maximum absolute atomic E-state index is 12.1. The lowest BCUT2D eigenvalue weighted by Crippen LogP contribution is -2.22. The number of fused-ring (bicyclic) bond motifs is 1. The fraction of sp³-hybridized carbons (Fsp3) is 0.333. The van der Waals surface area contributed by atoms with Gasteiger partial charge in [0.2, 0.25) is 0 Å². The number of nitrogens with zero attached hydrogens (tertiary/aromatic N) is 3. The highest BCUT2D eigenvalue weighted by atomic mass is 16.6. The summed E-state index contributed by atoms with van der Waals surface area (Å²) in [5, 5.41) is 11.0. The van der Waals surface area contributed by atoms with Crippen molar-refractivity contribution in [3.8, 4) is 0 Å². The molecule has 1 aromatic heterocycles. The van der Waals surface area contributed by atoms with E-state index in [2.05, 4.69) is 4.98 Å². The van der Waals surface area contributed by atoms with Gasteiger partial charge in [0.05, 0.1) is 22.2 Å². The number of rotatable bonds is 3. The van der Waals surface area contributed by atoms with Gasteiger partial charge in [0, 0.05) is 18.7 Å². The number of nitro benzene ring substituents is 1. The van der Waals surface area contributed by atoms with Gasteiger partial charge in [-0.15, -0.1) is 0 Å². The van der Waals surface area contributed by atoms with E-state index < -0.39 is 4.92 Å². The topological polar surface area (TPSA) is 78.0 Å². The minimum absolute atomic E-state index is 0.0593. The molecule has 2 rings (SSSR count). The first-order valence-corrected chi connectivity index (χ1v) is 5.62. The summed E-state index contributed by atoms with van der Waals surface area (Å²) in [4.78, 5) is 26.3. The molecule has 6 heteroatoms. The van der Waals surface area contributed by atoms with Gasteiger partial charge in [-0.1, -0.05) is 13.8 Å². The van der Waals surface area contributed by atoms with Crippen LogP contribution in [-0.2, 0) is 6.54 Å². The summed E-state index contributed by atoms with van der Waals surface area (Å²) in [6.07, 6.45) is 1.44. The van der Waals surface area contributed by atoms with Gasteiger partial charge >= 0.3 is 0 Å². The van der Waals surface area contributed by atoms with E-state index in [0.717, 1.165) is 0 Å². The highest BCUT2D eigenvalue weighted by Gasteiger charge is 2.10. The predicted molar refractivity (Wildman–Crippen MR) is 67.5 cm³/mol. The average Bonchev–Trinajstić information content (AvgIpc) is 2.32. The fourth-order valence-electron chi connectivity index (χ4n) is 1.78. The van der Waals surface area contributed by atoms with Crippen LogP contribution >= 0.6 is 0 Å². The third kappa shape index (κ3) is 2.22. The van der Waals surface area contributed by atoms with E-state index in [9.17, 15) is 14.9 Å². The van der Waals surface area contributed by atoms with Crippen molar-refractivity contribution in [1.82, 2.24) is 9.55 Å². The van der Waals surface area contributed by atoms with Crippen LogP contribution in [0.15, 0.2) is 29.3 Å². The molecule has 0 bridgehead atoms. The molecule has 0 aliphatic carbocycles. The summed E-state index contributed by atoms with van der Waals surface area (Å²) in [5.74, 6) is 0.333. The Balaban J connectivity index is 2.59. The number of benzene rings is 1. The van der Waals surface area contributed by atoms with E-state index in [1.807, 2.05) is 13.8 Å². The Bertz CT molecular complexity index is 661. The van der Waals surface area contributed by atoms with Crippen LogP contribution < -0.4 is 5.56 Å². The Morgan fingerprint density at radius 3 is 2.78 bits per heavy atom. The van der Waals surface area contributed by atoms with Crippen LogP contribution in [0.5, 0.6) is 0 Å². The van der Waals surface area contributed by atoms with E-state index in [-0.39, 0.29) is 11.2 Å². The summed E-state index contributed by atoms with van der Waals surface area (Å²) in [5.41, 5.74) is 0.133. The molecule has 6 nitrogen and oxygen atoms in total. The third-order valence-corrected chi connectivity index (χ3v) is 2.58. The molecule has 0 aliphatic heterocycles. The third-order valence-electron chi connectivity index (χ3n) is 2.58. The lowest BCUT2D eigenvalue weighted by Gasteiger charge is -2.08. The molecular formula is C12H13N3O3. The Morgan fingerprint density at radius 2 is 2.17 bits per heavy atom. The zero-order valence-corrected chi connectivity index (χ0v) is 10.2. The van der Waals surface area contributed by atoms with Crippen LogP contribution in [-0.4, -0.2) is 14.5 Å². The van der Waals surface area contributed by atoms with Crippen LogP contribution in [0, 0.1) is 16.0 Å². The smallest absolute Gasteiger partial charge is 0.271 e. The molecule has 0 fully saturated rings. The molecule has 1 heterocycles. The van der Waals surface area contributed by atoms with Gasteiger partial charge in [-0.05, 0) is 12.0 Å². The molecule has 18 heavy (non-hydrogen) atoms. The van der Waals surface area contributed by atoms with Gasteiger partial charge in [-0.25, -0.2) is 4.98 Å². The number of hydrogen-bond acceptors (Lipinski definition) is 4. The number of hydrogen-bond donors (Lipinski definition) is 0. The van der Waals surface area contributed by atoms with E-state index in [0.29, 0.717) is 23.4 Å². The standard InChI is InChI=1S/C12H13N3O3/c1-8(2)6-14-7-13-11-5-9(15(17)18)3-4-10(11)12(14)16/h3-5,7-8H,6H2,1-2H3. The minimum atomic E-state index is -0.499. The van der Waals surface area contributed by atoms with Gasteiger partial charge in [-0.2, -0.15) is 0 Å². The molecule has 0 saturated heterocycles. The molecule has 1 aromatic carbocycles. The summed E-state index contributed by atoms with van der Waals surface area (Å²) in [6, 6.07) is 4.10. The Hall–Kier alpha value is -2.24. The van der Waals surface area contributed by atoms with Crippen molar-refractivity contribution in [2.45, 2.75) is 20.4 Å². The molecule has 0 unspecified atom stereocenters. The number of aromatic nitrogens is 2. The highest BCUT2D eigenvalue weighted by molar-refractivity contribution is 5.79. The van der Waals surface area contributed by atoms with Crippen molar-refractivity contribution in [3.05, 3.63) is 45.0 Å². The molecule has 0 amide bonds. The van der Waals surface area contributed by atoms with Gasteiger partial charge in [0.25, 0.3) is 11.2 Å². The van der Waals surface area contributed by atoms with Crippen molar-refractivity contribution in [3.63, 3.8) is 0 Å². The Labute approximate surface area is 103 Å². The van der Waals surface area contributed by atoms with Crippen LogP contribution in [0.25, 0.3) is 10.9 Å². The lowest BCUT2D eigenvalue weighted by atomic mass is 10.2. The Morgan fingerprint density at radius 1 is 1.44 bits per heavy atom. The second-order valence-electron chi connectivity index (χ2n) is 4.55. The van der Waals surface area contributed by atoms with Gasteiger partial charge in [-0.3, -0.25) is 19.5 Å². The average molecular weight is 247 g/mol. The van der Waals surface area contributed by atoms with Crippen molar-refractivity contribution in [2.24, 2.45) is 5.92 Å². The van der Waals surface area contributed by atoms with Crippen molar-refractivity contribution >= 4 is 16.6 Å². The first-order chi connectivity index (χ1) is 8.49. The second kappa shape index (κ2) is 4.56. The lowest BCUT2D eigenvalue weighted by molar-refractivity contribution is -0.384. The SMILES string of the molecule is CC(C)Cn1cnc2cc([N+](=O)[O-])ccc2c1=O. The summed E-state index contributed by atoms with van der Waals surface area (Å²) >= 11 is 0. The zero-order valence-electron chi connectivity index (χ0n) is 10.2. The molecule has 0 radical (unpaired) electrons. The maximum atomic E-state index is 12.1. The van der Waals surface area contributed by atoms with Crippen LogP contribution in [0.4, 0.5) is 5.69 Å². The minimum Gasteiger partial charge on any atom is -0.298 e. The van der Waals surface area contributed by atoms with Crippen molar-refractivity contribution in [1.29, 1.82) is 0 Å². The Kier molecular flexibility index (Phi) is 3.10. The van der Waals surface area contributed by atoms with E-state index >= 15 is 0 Å². The first kappa shape index (κ1) is 12.2. The van der Waals surface area contributed by atoms with Gasteiger partial charge < -0.3 is 0 Å². The van der Waals surface area contributed by atoms with Crippen molar-refractivity contribution in [2.75, 3.05) is 0 Å². The van der Waals surface area contributed by atoms with Gasteiger partial charge in [0.1, 0.15) is 0 Å². The monoisotopic (exact) mass is 247 g/mol. The second-order valence-corrected chi connectivity index (χ2v) is 4.55. The van der Waals surface area contributed by atoms with Crippen LogP contribution in [0.2, 0.25) is 0 Å². The van der Waals surface area contributed by atoms with E-state index in [1.54, 1.807) is 0 Å². The number of non-ortho nitro benzene ring substituents is 1. The van der Waals surface area contributed by atoms with Gasteiger partial charge in [0.15, 0.2) is 0 Å². The van der Waals surface area contributed by atoms with Crippen molar-refractivity contribution < 1.29 is 4.92 Å². The molecule has 0 saturated carbocycles. The highest BCUT2D eigenvalue weighted by Crippen LogP contribution is 2.16. The molecular weight excluding hydrogens is 234 g/mol. The van der Waals surface area contributed by atoms with E-state index in [4.69, 9.17) is 0 Å². The number of nitro groups is 1. The molecule has 2 aromatic rings. The zero-order chi connectivity index (χ0) is 13.3. The summed E-state index contributed by atoms with van der Waals surface area (Å²) in [7, 11) is 0. The molecule has 0 N–H and O–H groups in total. The summed E-state index contributed by atoms with van der Waals surface area (Å²) in [6.45, 7) is 4.59. The molecule has 94 valence electrons. The summed E-state index contributed by atoms with van der Waals surface area (Å²) < 4.78 is 1.53. The predicted octanol–water partition coefficient (Wildman–Crippen LogP) is 1.96. The molecule has 0 aliphatic rings. The largest absolute Gasteiger partial charge is 0.298 e. The molecule has 0 spiro atoms. The van der Waals surface area contributed by atoms with Crippen LogP contribution in [0.1, 0.15) is 13.8 Å². The first-order valence-electron chi connectivity index (χ1n) is 5.62.